The Hall–Kier alpha value is -3.88. The lowest BCUT2D eigenvalue weighted by Crippen LogP contribution is -2.28. The first-order valence-corrected chi connectivity index (χ1v) is 12.7. The molecule has 0 saturated carbocycles. The van der Waals surface area contributed by atoms with Crippen LogP contribution in [0.1, 0.15) is 16.9 Å². The van der Waals surface area contributed by atoms with Crippen molar-refractivity contribution in [3.8, 4) is 11.5 Å². The number of ether oxygens (including phenoxy) is 1. The third kappa shape index (κ3) is 6.02. The highest BCUT2D eigenvalue weighted by atomic mass is 79.9. The van der Waals surface area contributed by atoms with E-state index in [1.807, 2.05) is 91.0 Å². The fourth-order valence-corrected chi connectivity index (χ4v) is 4.62. The van der Waals surface area contributed by atoms with Gasteiger partial charge in [0.05, 0.1) is 23.9 Å². The molecule has 1 aliphatic heterocycles. The van der Waals surface area contributed by atoms with Gasteiger partial charge in [-0.2, -0.15) is 5.10 Å². The van der Waals surface area contributed by atoms with Crippen molar-refractivity contribution in [1.29, 1.82) is 0 Å². The fourth-order valence-electron chi connectivity index (χ4n) is 3.42. The number of rotatable bonds is 7. The molecule has 0 N–H and O–H groups in total. The maximum Gasteiger partial charge on any atom is 0.267 e. The van der Waals surface area contributed by atoms with Crippen LogP contribution in [0.5, 0.6) is 11.5 Å². The number of benzene rings is 3. The van der Waals surface area contributed by atoms with E-state index in [-0.39, 0.29) is 12.5 Å². The van der Waals surface area contributed by atoms with Crippen LogP contribution in [0.15, 0.2) is 121 Å². The third-order valence-corrected chi connectivity index (χ3v) is 6.66. The molecule has 0 spiro atoms. The average molecular weight is 558 g/mol. The molecule has 1 amide bonds. The Morgan fingerprint density at radius 1 is 0.917 bits per heavy atom. The minimum atomic E-state index is -0.164. The van der Waals surface area contributed by atoms with E-state index in [1.54, 1.807) is 23.4 Å². The second kappa shape index (κ2) is 11.2. The summed E-state index contributed by atoms with van der Waals surface area (Å²) in [5.74, 6) is 1.93. The van der Waals surface area contributed by atoms with E-state index in [0.717, 1.165) is 21.3 Å². The first-order valence-electron chi connectivity index (χ1n) is 11.1. The fraction of sp³-hybridized carbons (Fsp3) is 0.0357. The minimum Gasteiger partial charge on any atom is -0.467 e. The lowest BCUT2D eigenvalue weighted by atomic mass is 10.2. The second-order valence-corrected chi connectivity index (χ2v) is 9.67. The molecular weight excluding hydrogens is 538 g/mol. The molecule has 1 saturated heterocycles. The molecule has 36 heavy (non-hydrogen) atoms. The van der Waals surface area contributed by atoms with Crippen LogP contribution >= 0.6 is 27.7 Å². The zero-order chi connectivity index (χ0) is 24.7. The van der Waals surface area contributed by atoms with Gasteiger partial charge in [-0.05, 0) is 77.5 Å². The van der Waals surface area contributed by atoms with Crippen LogP contribution in [-0.2, 0) is 11.3 Å². The highest BCUT2D eigenvalue weighted by Gasteiger charge is 2.34. The minimum absolute atomic E-state index is 0.164. The highest BCUT2D eigenvalue weighted by molar-refractivity contribution is 9.10. The molecular formula is C28H20BrN3O3S. The van der Waals surface area contributed by atoms with Gasteiger partial charge >= 0.3 is 0 Å². The Kier molecular flexibility index (Phi) is 7.44. The van der Waals surface area contributed by atoms with Crippen LogP contribution in [0.3, 0.4) is 0 Å². The number of nitrogens with zero attached hydrogens (tertiary/aromatic N) is 3. The smallest absolute Gasteiger partial charge is 0.267 e. The number of hydrogen-bond donors (Lipinski definition) is 0. The van der Waals surface area contributed by atoms with Crippen LogP contribution in [0.4, 0.5) is 0 Å². The average Bonchev–Trinajstić information content (AvgIpc) is 3.50. The molecule has 5 rings (SSSR count). The number of furan rings is 1. The van der Waals surface area contributed by atoms with Gasteiger partial charge in [0.2, 0.25) is 0 Å². The van der Waals surface area contributed by atoms with Crippen LogP contribution in [0.25, 0.3) is 6.08 Å². The zero-order valence-corrected chi connectivity index (χ0v) is 21.4. The molecule has 178 valence electrons. The van der Waals surface area contributed by atoms with Crippen molar-refractivity contribution in [1.82, 2.24) is 4.90 Å². The number of halogens is 1. The van der Waals surface area contributed by atoms with E-state index in [9.17, 15) is 4.79 Å². The summed E-state index contributed by atoms with van der Waals surface area (Å²) in [5, 5.41) is 9.06. The van der Waals surface area contributed by atoms with E-state index in [0.29, 0.717) is 21.6 Å². The number of para-hydroxylation sites is 1. The van der Waals surface area contributed by atoms with E-state index >= 15 is 0 Å². The van der Waals surface area contributed by atoms with Crippen molar-refractivity contribution in [2.75, 3.05) is 0 Å². The van der Waals surface area contributed by atoms with E-state index in [4.69, 9.17) is 9.15 Å². The summed E-state index contributed by atoms with van der Waals surface area (Å²) < 4.78 is 12.4. The second-order valence-electron chi connectivity index (χ2n) is 7.75. The number of carbonyl (C=O) groups is 1. The summed E-state index contributed by atoms with van der Waals surface area (Å²) in [6.45, 7) is 0.264. The summed E-state index contributed by atoms with van der Waals surface area (Å²) in [7, 11) is 0. The maximum atomic E-state index is 13.3. The van der Waals surface area contributed by atoms with Crippen molar-refractivity contribution >= 4 is 51.1 Å². The molecule has 6 nitrogen and oxygen atoms in total. The number of amidine groups is 1. The molecule has 1 aliphatic rings. The maximum absolute atomic E-state index is 13.3. The van der Waals surface area contributed by atoms with Gasteiger partial charge < -0.3 is 9.15 Å². The quantitative estimate of drug-likeness (QED) is 0.135. The van der Waals surface area contributed by atoms with Gasteiger partial charge in [0.15, 0.2) is 5.17 Å². The molecule has 0 atom stereocenters. The van der Waals surface area contributed by atoms with E-state index in [2.05, 4.69) is 26.1 Å². The first-order chi connectivity index (χ1) is 17.6. The van der Waals surface area contributed by atoms with Crippen molar-refractivity contribution in [3.05, 3.63) is 124 Å². The van der Waals surface area contributed by atoms with Gasteiger partial charge in [0.25, 0.3) is 5.91 Å². The summed E-state index contributed by atoms with van der Waals surface area (Å²) in [6.07, 6.45) is 5.07. The van der Waals surface area contributed by atoms with Gasteiger partial charge in [0.1, 0.15) is 17.3 Å². The van der Waals surface area contributed by atoms with Crippen molar-refractivity contribution in [3.63, 3.8) is 0 Å². The number of amides is 1. The summed E-state index contributed by atoms with van der Waals surface area (Å²) in [6, 6.07) is 28.5. The summed E-state index contributed by atoms with van der Waals surface area (Å²) in [4.78, 5) is 15.4. The lowest BCUT2D eigenvalue weighted by Gasteiger charge is -2.12. The van der Waals surface area contributed by atoms with E-state index < -0.39 is 0 Å². The largest absolute Gasteiger partial charge is 0.467 e. The standard InChI is InChI=1S/C28H20BrN3O3S/c29-22-13-11-20(12-14-22)18-30-31-28-32(19-25-10-5-15-34-25)27(33)26(36-28)17-21-6-4-9-24(16-21)35-23-7-2-1-3-8-23/h1-18H,19H2/b26-17-,30-18+,31-28-. The number of carbonyl (C=O) groups excluding carboxylic acids is 1. The molecule has 0 bridgehead atoms. The monoisotopic (exact) mass is 557 g/mol. The lowest BCUT2D eigenvalue weighted by molar-refractivity contribution is -0.122. The molecule has 0 aliphatic carbocycles. The van der Waals surface area contributed by atoms with Gasteiger partial charge in [-0.25, -0.2) is 0 Å². The zero-order valence-electron chi connectivity index (χ0n) is 19.0. The molecule has 8 heteroatoms. The van der Waals surface area contributed by atoms with Gasteiger partial charge in [-0.1, -0.05) is 58.4 Å². The van der Waals surface area contributed by atoms with Gasteiger partial charge in [-0.15, -0.1) is 5.10 Å². The molecule has 2 heterocycles. The number of thioether (sulfide) groups is 1. The summed E-state index contributed by atoms with van der Waals surface area (Å²) in [5.41, 5.74) is 1.75. The predicted octanol–water partition coefficient (Wildman–Crippen LogP) is 7.34. The molecule has 0 radical (unpaired) electrons. The Morgan fingerprint density at radius 3 is 2.50 bits per heavy atom. The Bertz CT molecular complexity index is 1430. The Balaban J connectivity index is 1.39. The number of hydrogen-bond acceptors (Lipinski definition) is 6. The summed E-state index contributed by atoms with van der Waals surface area (Å²) >= 11 is 4.70. The molecule has 4 aromatic rings. The molecule has 1 aromatic heterocycles. The van der Waals surface area contributed by atoms with Gasteiger partial charge in [-0.3, -0.25) is 9.69 Å². The Labute approximate surface area is 221 Å². The Morgan fingerprint density at radius 2 is 1.72 bits per heavy atom. The first kappa shape index (κ1) is 23.8. The van der Waals surface area contributed by atoms with Crippen LogP contribution in [-0.4, -0.2) is 22.2 Å². The SMILES string of the molecule is O=C1/C(=C/c2cccc(Oc3ccccc3)c2)S/C(=N\N=C\c2ccc(Br)cc2)N1Cc1ccco1. The van der Waals surface area contributed by atoms with Crippen LogP contribution in [0, 0.1) is 0 Å². The molecule has 1 fully saturated rings. The van der Waals surface area contributed by atoms with E-state index in [1.165, 1.54) is 11.8 Å². The highest BCUT2D eigenvalue weighted by Crippen LogP contribution is 2.34. The molecule has 3 aromatic carbocycles. The van der Waals surface area contributed by atoms with Crippen molar-refractivity contribution < 1.29 is 13.9 Å². The van der Waals surface area contributed by atoms with Crippen molar-refractivity contribution in [2.45, 2.75) is 6.54 Å². The molecule has 0 unspecified atom stereocenters. The van der Waals surface area contributed by atoms with Crippen molar-refractivity contribution in [2.24, 2.45) is 10.2 Å². The van der Waals surface area contributed by atoms with Crippen LogP contribution in [0.2, 0.25) is 0 Å². The predicted molar refractivity (Wildman–Crippen MR) is 147 cm³/mol. The van der Waals surface area contributed by atoms with Crippen LogP contribution < -0.4 is 4.74 Å². The topological polar surface area (TPSA) is 67.4 Å². The third-order valence-electron chi connectivity index (χ3n) is 5.14. The normalized spacial score (nSPS) is 15.9. The van der Waals surface area contributed by atoms with Gasteiger partial charge in [0, 0.05) is 4.47 Å².